The third-order valence-corrected chi connectivity index (χ3v) is 9.03. The Bertz CT molecular complexity index is 1500. The lowest BCUT2D eigenvalue weighted by atomic mass is 9.60. The molecule has 4 aliphatic rings. The summed E-state index contributed by atoms with van der Waals surface area (Å²) in [4.78, 5) is 33.3. The van der Waals surface area contributed by atoms with Crippen LogP contribution in [0.1, 0.15) is 44.7 Å². The number of anilines is 1. The monoisotopic (exact) mass is 491 g/mol. The Kier molecular flexibility index (Phi) is 4.80. The Labute approximate surface area is 216 Å². The van der Waals surface area contributed by atoms with Gasteiger partial charge in [0.15, 0.2) is 5.78 Å². The molecule has 0 amide bonds. The molecule has 0 N–H and O–H groups in total. The van der Waals surface area contributed by atoms with E-state index in [4.69, 9.17) is 9.57 Å². The smallest absolute Gasteiger partial charge is 0.342 e. The van der Waals surface area contributed by atoms with Gasteiger partial charge < -0.3 is 4.74 Å². The van der Waals surface area contributed by atoms with Crippen molar-refractivity contribution in [3.8, 4) is 0 Å². The van der Waals surface area contributed by atoms with Crippen LogP contribution in [-0.4, -0.2) is 23.5 Å². The molecule has 2 aliphatic carbocycles. The molecule has 37 heavy (non-hydrogen) atoms. The first-order valence-corrected chi connectivity index (χ1v) is 13.1. The molecular weight excluding hydrogens is 462 g/mol. The number of hydroxylamine groups is 1. The molecule has 1 saturated carbocycles. The SMILES string of the molecule is CC1=C2[C@H]3OC(=O)C4(C[C@H](c5cccc6ccccc56)N(c5ccccc5)O4)[C@@H]3CC[C@@]2(C)C=CC1=O. The molecule has 1 spiro atoms. The van der Waals surface area contributed by atoms with Crippen LogP contribution >= 0.6 is 0 Å². The van der Waals surface area contributed by atoms with E-state index in [1.165, 1.54) is 0 Å². The maximum atomic E-state index is 13.8. The molecule has 2 saturated heterocycles. The summed E-state index contributed by atoms with van der Waals surface area (Å²) in [5, 5.41) is 4.23. The summed E-state index contributed by atoms with van der Waals surface area (Å²) >= 11 is 0. The molecule has 3 aromatic rings. The van der Waals surface area contributed by atoms with Crippen LogP contribution in [0.4, 0.5) is 5.69 Å². The minimum atomic E-state index is -1.11. The molecule has 5 heteroatoms. The average Bonchev–Trinajstić information content (AvgIpc) is 3.44. The molecule has 2 aliphatic heterocycles. The third-order valence-electron chi connectivity index (χ3n) is 9.03. The van der Waals surface area contributed by atoms with Gasteiger partial charge in [-0.05, 0) is 59.9 Å². The van der Waals surface area contributed by atoms with E-state index in [9.17, 15) is 9.59 Å². The number of para-hydroxylation sites is 1. The number of ketones is 1. The maximum absolute atomic E-state index is 13.8. The highest BCUT2D eigenvalue weighted by Gasteiger charge is 2.68. The molecule has 3 aromatic carbocycles. The topological polar surface area (TPSA) is 55.8 Å². The van der Waals surface area contributed by atoms with Crippen LogP contribution in [0.25, 0.3) is 10.8 Å². The number of fused-ring (bicyclic) bond motifs is 5. The minimum absolute atomic E-state index is 0.00277. The molecule has 5 nitrogen and oxygen atoms in total. The van der Waals surface area contributed by atoms with Crippen LogP contribution in [0.15, 0.2) is 96.1 Å². The van der Waals surface area contributed by atoms with Gasteiger partial charge >= 0.3 is 5.97 Å². The normalized spacial score (nSPS) is 32.7. The second-order valence-corrected chi connectivity index (χ2v) is 11.1. The van der Waals surface area contributed by atoms with Crippen LogP contribution in [0.3, 0.4) is 0 Å². The number of esters is 1. The fourth-order valence-electron chi connectivity index (χ4n) is 7.16. The lowest BCUT2D eigenvalue weighted by molar-refractivity contribution is -0.157. The molecule has 5 atom stereocenters. The highest BCUT2D eigenvalue weighted by Crippen LogP contribution is 2.60. The summed E-state index contributed by atoms with van der Waals surface area (Å²) in [5.74, 6) is -0.488. The third kappa shape index (κ3) is 3.13. The van der Waals surface area contributed by atoms with E-state index in [0.29, 0.717) is 12.0 Å². The van der Waals surface area contributed by atoms with E-state index in [-0.39, 0.29) is 29.1 Å². The van der Waals surface area contributed by atoms with Gasteiger partial charge in [-0.1, -0.05) is 73.7 Å². The summed E-state index contributed by atoms with van der Waals surface area (Å²) in [5.41, 5.74) is 2.29. The Hall–Kier alpha value is -3.70. The predicted molar refractivity (Wildman–Crippen MR) is 142 cm³/mol. The van der Waals surface area contributed by atoms with Crippen molar-refractivity contribution >= 4 is 28.2 Å². The summed E-state index contributed by atoms with van der Waals surface area (Å²) in [7, 11) is 0. The van der Waals surface area contributed by atoms with E-state index in [1.54, 1.807) is 6.08 Å². The van der Waals surface area contributed by atoms with Gasteiger partial charge in [0.25, 0.3) is 0 Å². The summed E-state index contributed by atoms with van der Waals surface area (Å²) in [6.07, 6.45) is 5.33. The highest BCUT2D eigenvalue weighted by atomic mass is 16.7. The van der Waals surface area contributed by atoms with E-state index in [1.807, 2.05) is 54.5 Å². The summed E-state index contributed by atoms with van der Waals surface area (Å²) in [6, 6.07) is 24.5. The number of carbonyl (C=O) groups excluding carboxylic acids is 2. The van der Waals surface area contributed by atoms with Gasteiger partial charge in [0, 0.05) is 23.3 Å². The predicted octanol–water partition coefficient (Wildman–Crippen LogP) is 6.26. The maximum Gasteiger partial charge on any atom is 0.342 e. The Morgan fingerprint density at radius 2 is 1.70 bits per heavy atom. The Morgan fingerprint density at radius 1 is 0.946 bits per heavy atom. The molecule has 7 rings (SSSR count). The fourth-order valence-corrected chi connectivity index (χ4v) is 7.16. The first kappa shape index (κ1) is 22.5. The average molecular weight is 492 g/mol. The van der Waals surface area contributed by atoms with Crippen molar-refractivity contribution in [2.45, 2.75) is 50.9 Å². The summed E-state index contributed by atoms with van der Waals surface area (Å²) in [6.45, 7) is 4.01. The van der Waals surface area contributed by atoms with Gasteiger partial charge in [-0.15, -0.1) is 0 Å². The largest absolute Gasteiger partial charge is 0.455 e. The molecule has 0 bridgehead atoms. The number of hydrogen-bond acceptors (Lipinski definition) is 5. The quantitative estimate of drug-likeness (QED) is 0.396. The zero-order valence-electron chi connectivity index (χ0n) is 21.0. The van der Waals surface area contributed by atoms with Gasteiger partial charge in [-0.3, -0.25) is 9.63 Å². The standard InChI is InChI=1S/C32H29NO4/c1-20-27(34)16-18-31(2)17-15-25-29(28(20)31)36-30(35)32(25)19-26(33(37-32)22-11-4-3-5-12-22)24-14-8-10-21-9-6-7-13-23(21)24/h3-14,16,18,25-26,29H,15,17,19H2,1-2H3/t25-,26-,29+,31+,32?/m1/s1. The number of carbonyl (C=O) groups is 2. The minimum Gasteiger partial charge on any atom is -0.455 e. The summed E-state index contributed by atoms with van der Waals surface area (Å²) < 4.78 is 6.18. The number of ether oxygens (including phenoxy) is 1. The number of rotatable bonds is 2. The van der Waals surface area contributed by atoms with Crippen molar-refractivity contribution in [3.63, 3.8) is 0 Å². The van der Waals surface area contributed by atoms with Crippen LogP contribution < -0.4 is 5.06 Å². The van der Waals surface area contributed by atoms with E-state index in [0.717, 1.165) is 40.4 Å². The Morgan fingerprint density at radius 3 is 2.54 bits per heavy atom. The van der Waals surface area contributed by atoms with Gasteiger partial charge in [0.2, 0.25) is 5.60 Å². The first-order chi connectivity index (χ1) is 17.9. The van der Waals surface area contributed by atoms with Crippen molar-refractivity contribution in [2.24, 2.45) is 11.3 Å². The highest BCUT2D eigenvalue weighted by molar-refractivity contribution is 6.06. The number of nitrogens with zero attached hydrogens (tertiary/aromatic N) is 1. The first-order valence-electron chi connectivity index (χ1n) is 13.1. The van der Waals surface area contributed by atoms with Crippen molar-refractivity contribution in [2.75, 3.05) is 5.06 Å². The number of hydrogen-bond donors (Lipinski definition) is 0. The Balaban J connectivity index is 1.36. The second-order valence-electron chi connectivity index (χ2n) is 11.1. The molecule has 0 radical (unpaired) electrons. The van der Waals surface area contributed by atoms with Crippen LogP contribution in [-0.2, 0) is 19.2 Å². The van der Waals surface area contributed by atoms with Crippen molar-refractivity contribution in [3.05, 3.63) is 102 Å². The molecule has 0 aromatic heterocycles. The van der Waals surface area contributed by atoms with E-state index >= 15 is 0 Å². The number of allylic oxidation sites excluding steroid dienone is 3. The van der Waals surface area contributed by atoms with Crippen molar-refractivity contribution in [1.82, 2.24) is 0 Å². The molecule has 3 fully saturated rings. The van der Waals surface area contributed by atoms with Crippen molar-refractivity contribution < 1.29 is 19.2 Å². The van der Waals surface area contributed by atoms with Gasteiger partial charge in [-0.2, -0.15) is 0 Å². The van der Waals surface area contributed by atoms with Gasteiger partial charge in [0.05, 0.1) is 11.7 Å². The van der Waals surface area contributed by atoms with Crippen LogP contribution in [0.2, 0.25) is 0 Å². The van der Waals surface area contributed by atoms with Crippen LogP contribution in [0, 0.1) is 11.3 Å². The zero-order chi connectivity index (χ0) is 25.4. The molecule has 186 valence electrons. The lowest BCUT2D eigenvalue weighted by Gasteiger charge is -2.44. The van der Waals surface area contributed by atoms with Crippen LogP contribution in [0.5, 0.6) is 0 Å². The van der Waals surface area contributed by atoms with Gasteiger partial charge in [-0.25, -0.2) is 9.86 Å². The van der Waals surface area contributed by atoms with Gasteiger partial charge in [0.1, 0.15) is 6.10 Å². The van der Waals surface area contributed by atoms with Crippen molar-refractivity contribution in [1.29, 1.82) is 0 Å². The van der Waals surface area contributed by atoms with E-state index < -0.39 is 11.7 Å². The van der Waals surface area contributed by atoms with E-state index in [2.05, 4.69) is 43.3 Å². The molecular formula is C32H29NO4. The molecule has 1 unspecified atom stereocenters. The zero-order valence-corrected chi connectivity index (χ0v) is 21.0. The number of benzene rings is 3. The fraction of sp³-hybridized carbons (Fsp3) is 0.312. The lowest BCUT2D eigenvalue weighted by Crippen LogP contribution is -2.47. The second kappa shape index (κ2) is 7.90. The molecule has 2 heterocycles.